The van der Waals surface area contributed by atoms with Crippen molar-refractivity contribution >= 4 is 12.0 Å². The maximum Gasteiger partial charge on any atom is 0.246 e. The zero-order chi connectivity index (χ0) is 20.9. The monoisotopic (exact) mass is 397 g/mol. The molecule has 2 aromatic heterocycles. The van der Waals surface area contributed by atoms with Gasteiger partial charge in [-0.3, -0.25) is 4.79 Å². The lowest BCUT2D eigenvalue weighted by Gasteiger charge is -2.15. The SMILES string of the molecule is Cc1ccc(/C=C/C(=O)N(C)Cc2cn(-c3ccccc3)nc2-c2ccccc2)o1. The van der Waals surface area contributed by atoms with Crippen LogP contribution >= 0.6 is 0 Å². The maximum absolute atomic E-state index is 12.6. The summed E-state index contributed by atoms with van der Waals surface area (Å²) in [7, 11) is 1.79. The Bertz CT molecular complexity index is 1160. The molecular weight excluding hydrogens is 374 g/mol. The van der Waals surface area contributed by atoms with Gasteiger partial charge < -0.3 is 9.32 Å². The molecule has 0 bridgehead atoms. The first kappa shape index (κ1) is 19.5. The summed E-state index contributed by atoms with van der Waals surface area (Å²) in [5.74, 6) is 1.38. The molecule has 0 spiro atoms. The Labute approximate surface area is 175 Å². The summed E-state index contributed by atoms with van der Waals surface area (Å²) in [6.07, 6.45) is 5.21. The predicted octanol–water partition coefficient (Wildman–Crippen LogP) is 5.11. The van der Waals surface area contributed by atoms with Crippen molar-refractivity contribution in [1.29, 1.82) is 0 Å². The molecule has 0 saturated heterocycles. The molecule has 0 saturated carbocycles. The number of para-hydroxylation sites is 1. The number of rotatable bonds is 6. The lowest BCUT2D eigenvalue weighted by Crippen LogP contribution is -2.24. The van der Waals surface area contributed by atoms with Crippen molar-refractivity contribution in [2.45, 2.75) is 13.5 Å². The van der Waals surface area contributed by atoms with Gasteiger partial charge in [0.2, 0.25) is 5.91 Å². The Kier molecular flexibility index (Phi) is 5.61. The van der Waals surface area contributed by atoms with Crippen LogP contribution in [0.15, 0.2) is 89.5 Å². The highest BCUT2D eigenvalue weighted by molar-refractivity contribution is 5.91. The lowest BCUT2D eigenvalue weighted by molar-refractivity contribution is -0.125. The topological polar surface area (TPSA) is 51.3 Å². The molecule has 0 aliphatic carbocycles. The van der Waals surface area contributed by atoms with Crippen LogP contribution < -0.4 is 0 Å². The number of likely N-dealkylation sites (N-methyl/N-ethyl adjacent to an activating group) is 1. The van der Waals surface area contributed by atoms with Crippen LogP contribution in [0.3, 0.4) is 0 Å². The quantitative estimate of drug-likeness (QED) is 0.425. The van der Waals surface area contributed by atoms with Crippen molar-refractivity contribution in [3.05, 3.63) is 102 Å². The predicted molar refractivity (Wildman–Crippen MR) is 118 cm³/mol. The maximum atomic E-state index is 12.6. The van der Waals surface area contributed by atoms with Gasteiger partial charge in [0.1, 0.15) is 11.5 Å². The Morgan fingerprint density at radius 1 is 1.03 bits per heavy atom. The molecule has 4 rings (SSSR count). The van der Waals surface area contributed by atoms with Gasteiger partial charge in [-0.25, -0.2) is 4.68 Å². The molecule has 0 N–H and O–H groups in total. The second-order valence-corrected chi connectivity index (χ2v) is 7.13. The molecule has 0 aliphatic rings. The number of aromatic nitrogens is 2. The highest BCUT2D eigenvalue weighted by Crippen LogP contribution is 2.24. The van der Waals surface area contributed by atoms with E-state index >= 15 is 0 Å². The number of benzene rings is 2. The minimum Gasteiger partial charge on any atom is -0.462 e. The van der Waals surface area contributed by atoms with Gasteiger partial charge in [-0.2, -0.15) is 5.10 Å². The Hall–Kier alpha value is -3.86. The van der Waals surface area contributed by atoms with Gasteiger partial charge in [0.05, 0.1) is 11.4 Å². The fourth-order valence-corrected chi connectivity index (χ4v) is 3.23. The minimum atomic E-state index is -0.101. The Balaban J connectivity index is 1.59. The average molecular weight is 397 g/mol. The van der Waals surface area contributed by atoms with Gasteiger partial charge in [0.25, 0.3) is 0 Å². The number of hydrogen-bond donors (Lipinski definition) is 0. The number of carbonyl (C=O) groups excluding carboxylic acids is 1. The second kappa shape index (κ2) is 8.66. The van der Waals surface area contributed by atoms with Gasteiger partial charge in [-0.1, -0.05) is 48.5 Å². The van der Waals surface area contributed by atoms with E-state index in [0.29, 0.717) is 12.3 Å². The second-order valence-electron chi connectivity index (χ2n) is 7.13. The molecule has 0 atom stereocenters. The van der Waals surface area contributed by atoms with Crippen molar-refractivity contribution in [2.24, 2.45) is 0 Å². The average Bonchev–Trinajstić information content (AvgIpc) is 3.39. The van der Waals surface area contributed by atoms with Crippen molar-refractivity contribution in [1.82, 2.24) is 14.7 Å². The summed E-state index contributed by atoms with van der Waals surface area (Å²) in [6, 6.07) is 23.7. The summed E-state index contributed by atoms with van der Waals surface area (Å²) in [5, 5.41) is 4.81. The van der Waals surface area contributed by atoms with E-state index in [2.05, 4.69) is 0 Å². The molecule has 5 nitrogen and oxygen atoms in total. The van der Waals surface area contributed by atoms with Crippen LogP contribution in [0, 0.1) is 6.92 Å². The molecule has 2 aromatic carbocycles. The highest BCUT2D eigenvalue weighted by atomic mass is 16.3. The van der Waals surface area contributed by atoms with Crippen LogP contribution in [0.2, 0.25) is 0 Å². The summed E-state index contributed by atoms with van der Waals surface area (Å²) >= 11 is 0. The molecule has 150 valence electrons. The number of amides is 1. The molecule has 4 aromatic rings. The molecule has 2 heterocycles. The highest BCUT2D eigenvalue weighted by Gasteiger charge is 2.15. The molecule has 0 aliphatic heterocycles. The first-order valence-electron chi connectivity index (χ1n) is 9.79. The number of furan rings is 1. The van der Waals surface area contributed by atoms with Crippen LogP contribution in [0.5, 0.6) is 0 Å². The van der Waals surface area contributed by atoms with E-state index in [1.165, 1.54) is 6.08 Å². The Morgan fingerprint density at radius 2 is 1.73 bits per heavy atom. The first-order valence-corrected chi connectivity index (χ1v) is 9.79. The van der Waals surface area contributed by atoms with Crippen molar-refractivity contribution < 1.29 is 9.21 Å². The van der Waals surface area contributed by atoms with Gasteiger partial charge in [0.15, 0.2) is 0 Å². The summed E-state index contributed by atoms with van der Waals surface area (Å²) in [4.78, 5) is 14.3. The van der Waals surface area contributed by atoms with Crippen LogP contribution in [-0.4, -0.2) is 27.6 Å². The van der Waals surface area contributed by atoms with Gasteiger partial charge in [-0.05, 0) is 37.3 Å². The Morgan fingerprint density at radius 3 is 2.40 bits per heavy atom. The number of nitrogens with zero attached hydrogens (tertiary/aromatic N) is 3. The van der Waals surface area contributed by atoms with Crippen molar-refractivity contribution in [3.8, 4) is 16.9 Å². The van der Waals surface area contributed by atoms with Crippen LogP contribution in [0.4, 0.5) is 0 Å². The molecule has 0 radical (unpaired) electrons. The fourth-order valence-electron chi connectivity index (χ4n) is 3.23. The molecule has 0 fully saturated rings. The third kappa shape index (κ3) is 4.41. The molecular formula is C25H23N3O2. The minimum absolute atomic E-state index is 0.101. The first-order chi connectivity index (χ1) is 14.6. The van der Waals surface area contributed by atoms with E-state index in [0.717, 1.165) is 28.3 Å². The van der Waals surface area contributed by atoms with Crippen molar-refractivity contribution in [2.75, 3.05) is 7.05 Å². The van der Waals surface area contributed by atoms with E-state index in [4.69, 9.17) is 9.52 Å². The molecule has 0 unspecified atom stereocenters. The van der Waals surface area contributed by atoms with E-state index in [-0.39, 0.29) is 5.91 Å². The molecule has 1 amide bonds. The van der Waals surface area contributed by atoms with Gasteiger partial charge >= 0.3 is 0 Å². The number of aryl methyl sites for hydroxylation is 1. The normalized spacial score (nSPS) is 11.1. The van der Waals surface area contributed by atoms with Crippen LogP contribution in [-0.2, 0) is 11.3 Å². The van der Waals surface area contributed by atoms with E-state index in [1.54, 1.807) is 18.0 Å². The van der Waals surface area contributed by atoms with Crippen molar-refractivity contribution in [3.63, 3.8) is 0 Å². The third-order valence-electron chi connectivity index (χ3n) is 4.79. The molecule has 30 heavy (non-hydrogen) atoms. The van der Waals surface area contributed by atoms with Gasteiger partial charge in [0, 0.05) is 37.0 Å². The van der Waals surface area contributed by atoms with E-state index in [1.807, 2.05) is 90.6 Å². The standard InChI is InChI=1S/C25H23N3O2/c1-19-13-14-23(30-19)15-16-24(29)27(2)17-21-18-28(22-11-7-4-8-12-22)26-25(21)20-9-5-3-6-10-20/h3-16,18H,17H2,1-2H3/b16-15+. The molecule has 5 heteroatoms. The summed E-state index contributed by atoms with van der Waals surface area (Å²) in [6.45, 7) is 2.32. The zero-order valence-corrected chi connectivity index (χ0v) is 17.0. The van der Waals surface area contributed by atoms with Gasteiger partial charge in [-0.15, -0.1) is 0 Å². The fraction of sp³-hybridized carbons (Fsp3) is 0.120. The zero-order valence-electron chi connectivity index (χ0n) is 17.0. The smallest absolute Gasteiger partial charge is 0.246 e. The van der Waals surface area contributed by atoms with Crippen LogP contribution in [0.25, 0.3) is 23.0 Å². The van der Waals surface area contributed by atoms with E-state index < -0.39 is 0 Å². The lowest BCUT2D eigenvalue weighted by atomic mass is 10.1. The summed E-state index contributed by atoms with van der Waals surface area (Å²) < 4.78 is 7.35. The number of carbonyl (C=O) groups is 1. The largest absolute Gasteiger partial charge is 0.462 e. The van der Waals surface area contributed by atoms with Crippen LogP contribution in [0.1, 0.15) is 17.1 Å². The summed E-state index contributed by atoms with van der Waals surface area (Å²) in [5.41, 5.74) is 3.83. The van der Waals surface area contributed by atoms with E-state index in [9.17, 15) is 4.79 Å². The number of hydrogen-bond acceptors (Lipinski definition) is 3. The third-order valence-corrected chi connectivity index (χ3v) is 4.79.